The van der Waals surface area contributed by atoms with Crippen LogP contribution >= 0.6 is 0 Å². The normalized spacial score (nSPS) is 23.6. The van der Waals surface area contributed by atoms with Gasteiger partial charge < -0.3 is 15.2 Å². The number of likely N-dealkylation sites (tertiary alicyclic amines) is 1. The minimum atomic E-state index is 0.353. The summed E-state index contributed by atoms with van der Waals surface area (Å²) in [7, 11) is 0. The van der Waals surface area contributed by atoms with E-state index in [1.165, 1.54) is 0 Å². The van der Waals surface area contributed by atoms with Crippen LogP contribution < -0.4 is 15.2 Å². The summed E-state index contributed by atoms with van der Waals surface area (Å²) in [5.74, 6) is 2.22. The van der Waals surface area contributed by atoms with Gasteiger partial charge in [0.2, 0.25) is 0 Å². The number of benzene rings is 1. The maximum absolute atomic E-state index is 6.04. The first-order chi connectivity index (χ1) is 9.70. The maximum atomic E-state index is 6.04. The van der Waals surface area contributed by atoms with Crippen molar-refractivity contribution in [3.05, 3.63) is 24.3 Å². The van der Waals surface area contributed by atoms with Gasteiger partial charge in [0, 0.05) is 19.1 Å². The molecule has 2 unspecified atom stereocenters. The van der Waals surface area contributed by atoms with Crippen molar-refractivity contribution in [1.29, 1.82) is 0 Å². The summed E-state index contributed by atoms with van der Waals surface area (Å²) in [5.41, 5.74) is 6.04. The molecule has 4 heteroatoms. The summed E-state index contributed by atoms with van der Waals surface area (Å²) in [6.45, 7) is 8.63. The van der Waals surface area contributed by atoms with Crippen LogP contribution in [0.2, 0.25) is 0 Å². The Morgan fingerprint density at radius 2 is 1.95 bits per heavy atom. The fraction of sp³-hybridized carbons (Fsp3) is 0.625. The van der Waals surface area contributed by atoms with Gasteiger partial charge in [-0.3, -0.25) is 4.90 Å². The molecule has 0 radical (unpaired) electrons. The van der Waals surface area contributed by atoms with E-state index in [-0.39, 0.29) is 0 Å². The Hall–Kier alpha value is -1.26. The number of rotatable bonds is 6. The van der Waals surface area contributed by atoms with Crippen LogP contribution in [-0.2, 0) is 0 Å². The van der Waals surface area contributed by atoms with Crippen molar-refractivity contribution in [3.63, 3.8) is 0 Å². The van der Waals surface area contributed by atoms with Crippen LogP contribution in [0.1, 0.15) is 20.3 Å². The molecule has 112 valence electrons. The minimum absolute atomic E-state index is 0.353. The predicted octanol–water partition coefficient (Wildman–Crippen LogP) is 2.13. The standard InChI is InChI=1S/C16H26N2O2/c1-3-19-15-6-4-5-7-16(15)20-11-10-18-9-8-14(17)13(2)12-18/h4-7,13-14H,3,8-12,17H2,1-2H3. The van der Waals surface area contributed by atoms with Gasteiger partial charge in [0.05, 0.1) is 6.61 Å². The molecular weight excluding hydrogens is 252 g/mol. The SMILES string of the molecule is CCOc1ccccc1OCCN1CCC(N)C(C)C1. The third kappa shape index (κ3) is 4.12. The van der Waals surface area contributed by atoms with Gasteiger partial charge in [0.25, 0.3) is 0 Å². The molecule has 0 amide bonds. The fourth-order valence-corrected chi connectivity index (χ4v) is 2.58. The summed E-state index contributed by atoms with van der Waals surface area (Å²) >= 11 is 0. The van der Waals surface area contributed by atoms with E-state index >= 15 is 0 Å². The molecule has 0 spiro atoms. The van der Waals surface area contributed by atoms with Crippen molar-refractivity contribution in [2.24, 2.45) is 11.7 Å². The first-order valence-electron chi connectivity index (χ1n) is 7.53. The summed E-state index contributed by atoms with van der Waals surface area (Å²) < 4.78 is 11.4. The van der Waals surface area contributed by atoms with Crippen molar-refractivity contribution < 1.29 is 9.47 Å². The molecule has 2 rings (SSSR count). The predicted molar refractivity (Wildman–Crippen MR) is 81.3 cm³/mol. The fourth-order valence-electron chi connectivity index (χ4n) is 2.58. The molecule has 1 fully saturated rings. The first-order valence-corrected chi connectivity index (χ1v) is 7.53. The Kier molecular flexibility index (Phi) is 5.68. The summed E-state index contributed by atoms with van der Waals surface area (Å²) in [6.07, 6.45) is 1.08. The van der Waals surface area contributed by atoms with E-state index in [0.29, 0.717) is 25.2 Å². The Labute approximate surface area is 121 Å². The lowest BCUT2D eigenvalue weighted by Gasteiger charge is -2.34. The van der Waals surface area contributed by atoms with Gasteiger partial charge in [0.1, 0.15) is 6.61 Å². The van der Waals surface area contributed by atoms with E-state index in [1.807, 2.05) is 31.2 Å². The highest BCUT2D eigenvalue weighted by Gasteiger charge is 2.22. The number of hydrogen-bond donors (Lipinski definition) is 1. The number of para-hydroxylation sites is 2. The van der Waals surface area contributed by atoms with Crippen LogP contribution in [0.4, 0.5) is 0 Å². The van der Waals surface area contributed by atoms with E-state index < -0.39 is 0 Å². The van der Waals surface area contributed by atoms with Gasteiger partial charge in [-0.2, -0.15) is 0 Å². The molecule has 1 saturated heterocycles. The van der Waals surface area contributed by atoms with Gasteiger partial charge in [-0.1, -0.05) is 19.1 Å². The van der Waals surface area contributed by atoms with Crippen LogP contribution in [0.15, 0.2) is 24.3 Å². The zero-order valence-electron chi connectivity index (χ0n) is 12.5. The van der Waals surface area contributed by atoms with Crippen LogP contribution in [-0.4, -0.2) is 43.8 Å². The molecule has 0 aromatic heterocycles. The van der Waals surface area contributed by atoms with Crippen molar-refractivity contribution in [2.75, 3.05) is 32.8 Å². The quantitative estimate of drug-likeness (QED) is 0.866. The number of nitrogens with zero attached hydrogens (tertiary/aromatic N) is 1. The van der Waals surface area contributed by atoms with Gasteiger partial charge in [-0.05, 0) is 37.9 Å². The Morgan fingerprint density at radius 3 is 2.60 bits per heavy atom. The highest BCUT2D eigenvalue weighted by Crippen LogP contribution is 2.26. The highest BCUT2D eigenvalue weighted by atomic mass is 16.5. The maximum Gasteiger partial charge on any atom is 0.161 e. The first kappa shape index (κ1) is 15.1. The molecule has 0 aliphatic carbocycles. The second-order valence-electron chi connectivity index (χ2n) is 5.46. The van der Waals surface area contributed by atoms with Gasteiger partial charge in [-0.25, -0.2) is 0 Å². The van der Waals surface area contributed by atoms with Crippen LogP contribution in [0.3, 0.4) is 0 Å². The molecular formula is C16H26N2O2. The summed E-state index contributed by atoms with van der Waals surface area (Å²) in [5, 5.41) is 0. The van der Waals surface area contributed by atoms with Crippen molar-refractivity contribution >= 4 is 0 Å². The molecule has 1 aromatic rings. The lowest BCUT2D eigenvalue weighted by Crippen LogP contribution is -2.46. The lowest BCUT2D eigenvalue weighted by molar-refractivity contribution is 0.138. The largest absolute Gasteiger partial charge is 0.490 e. The number of hydrogen-bond acceptors (Lipinski definition) is 4. The molecule has 2 N–H and O–H groups in total. The molecule has 4 nitrogen and oxygen atoms in total. The number of nitrogens with two attached hydrogens (primary N) is 1. The van der Waals surface area contributed by atoms with Crippen LogP contribution in [0, 0.1) is 5.92 Å². The Morgan fingerprint density at radius 1 is 1.25 bits per heavy atom. The molecule has 20 heavy (non-hydrogen) atoms. The molecule has 1 aromatic carbocycles. The van der Waals surface area contributed by atoms with Crippen LogP contribution in [0.25, 0.3) is 0 Å². The second-order valence-corrected chi connectivity index (χ2v) is 5.46. The molecule has 1 aliphatic heterocycles. The average molecular weight is 278 g/mol. The zero-order chi connectivity index (χ0) is 14.4. The molecule has 0 bridgehead atoms. The summed E-state index contributed by atoms with van der Waals surface area (Å²) in [4.78, 5) is 2.43. The molecule has 1 heterocycles. The number of piperidine rings is 1. The second kappa shape index (κ2) is 7.50. The van der Waals surface area contributed by atoms with Crippen LogP contribution in [0.5, 0.6) is 11.5 Å². The Bertz CT molecular complexity index is 411. The van der Waals surface area contributed by atoms with Crippen molar-refractivity contribution in [3.8, 4) is 11.5 Å². The molecule has 1 aliphatic rings. The summed E-state index contributed by atoms with van der Waals surface area (Å²) in [6, 6.07) is 8.19. The van der Waals surface area contributed by atoms with E-state index in [4.69, 9.17) is 15.2 Å². The third-order valence-electron chi connectivity index (χ3n) is 3.87. The molecule has 0 saturated carbocycles. The minimum Gasteiger partial charge on any atom is -0.490 e. The van der Waals surface area contributed by atoms with Crippen molar-refractivity contribution in [1.82, 2.24) is 4.90 Å². The smallest absolute Gasteiger partial charge is 0.161 e. The Balaban J connectivity index is 1.78. The van der Waals surface area contributed by atoms with E-state index in [1.54, 1.807) is 0 Å². The topological polar surface area (TPSA) is 47.7 Å². The third-order valence-corrected chi connectivity index (χ3v) is 3.87. The van der Waals surface area contributed by atoms with E-state index in [9.17, 15) is 0 Å². The molecule has 2 atom stereocenters. The zero-order valence-corrected chi connectivity index (χ0v) is 12.5. The van der Waals surface area contributed by atoms with Gasteiger partial charge in [0.15, 0.2) is 11.5 Å². The lowest BCUT2D eigenvalue weighted by atomic mass is 9.95. The monoisotopic (exact) mass is 278 g/mol. The van der Waals surface area contributed by atoms with Crippen molar-refractivity contribution in [2.45, 2.75) is 26.3 Å². The van der Waals surface area contributed by atoms with Gasteiger partial charge in [-0.15, -0.1) is 0 Å². The number of ether oxygens (including phenoxy) is 2. The van der Waals surface area contributed by atoms with E-state index in [0.717, 1.165) is 37.6 Å². The van der Waals surface area contributed by atoms with E-state index in [2.05, 4.69) is 11.8 Å². The van der Waals surface area contributed by atoms with Gasteiger partial charge >= 0.3 is 0 Å². The average Bonchev–Trinajstić information content (AvgIpc) is 2.45. The highest BCUT2D eigenvalue weighted by molar-refractivity contribution is 5.39.